The highest BCUT2D eigenvalue weighted by atomic mass is 32.1. The van der Waals surface area contributed by atoms with Gasteiger partial charge in [-0.2, -0.15) is 0 Å². The average Bonchev–Trinajstić information content (AvgIpc) is 3.12. The van der Waals surface area contributed by atoms with Gasteiger partial charge >= 0.3 is 5.97 Å². The molecule has 1 aliphatic heterocycles. The van der Waals surface area contributed by atoms with E-state index >= 15 is 0 Å². The molecule has 5 heteroatoms. The van der Waals surface area contributed by atoms with Crippen LogP contribution in [0.5, 0.6) is 0 Å². The van der Waals surface area contributed by atoms with E-state index in [9.17, 15) is 9.90 Å². The van der Waals surface area contributed by atoms with Gasteiger partial charge in [-0.05, 0) is 54.8 Å². The summed E-state index contributed by atoms with van der Waals surface area (Å²) < 4.78 is 0. The van der Waals surface area contributed by atoms with E-state index in [2.05, 4.69) is 40.8 Å². The van der Waals surface area contributed by atoms with Crippen LogP contribution in [-0.4, -0.2) is 29.1 Å². The Balaban J connectivity index is 1.90. The zero-order valence-electron chi connectivity index (χ0n) is 12.0. The number of thiophene rings is 2. The molecule has 1 aliphatic rings. The lowest BCUT2D eigenvalue weighted by atomic mass is 9.96. The number of nitrogens with zero attached hydrogens (tertiary/aromatic N) is 1. The minimum atomic E-state index is -0.660. The Morgan fingerprint density at radius 3 is 2.90 bits per heavy atom. The Morgan fingerprint density at radius 1 is 1.43 bits per heavy atom. The molecular formula is C16H19NO2S2. The second-order valence-electron chi connectivity index (χ2n) is 5.62. The van der Waals surface area contributed by atoms with Crippen LogP contribution in [0, 0.1) is 12.8 Å². The number of hydrogen-bond acceptors (Lipinski definition) is 4. The van der Waals surface area contributed by atoms with Crippen LogP contribution in [0.1, 0.15) is 34.2 Å². The topological polar surface area (TPSA) is 40.5 Å². The number of aliphatic carboxylic acids is 1. The minimum Gasteiger partial charge on any atom is -0.481 e. The van der Waals surface area contributed by atoms with Crippen LogP contribution in [0.2, 0.25) is 0 Å². The van der Waals surface area contributed by atoms with Crippen LogP contribution in [0.3, 0.4) is 0 Å². The first-order valence-electron chi connectivity index (χ1n) is 7.20. The van der Waals surface area contributed by atoms with Gasteiger partial charge < -0.3 is 5.11 Å². The normalized spacial score (nSPS) is 21.3. The van der Waals surface area contributed by atoms with Crippen molar-refractivity contribution in [1.82, 2.24) is 4.90 Å². The lowest BCUT2D eigenvalue weighted by molar-refractivity contribution is -0.143. The van der Waals surface area contributed by atoms with Gasteiger partial charge in [-0.15, -0.1) is 22.7 Å². The number of piperidine rings is 1. The molecule has 0 amide bonds. The van der Waals surface area contributed by atoms with Crippen LogP contribution >= 0.6 is 22.7 Å². The molecule has 0 spiro atoms. The van der Waals surface area contributed by atoms with Crippen molar-refractivity contribution < 1.29 is 9.90 Å². The molecule has 1 saturated heterocycles. The van der Waals surface area contributed by atoms with Gasteiger partial charge in [-0.3, -0.25) is 9.69 Å². The molecule has 3 heterocycles. The number of carbonyl (C=O) groups is 1. The van der Waals surface area contributed by atoms with Gasteiger partial charge in [0.1, 0.15) is 0 Å². The van der Waals surface area contributed by atoms with Gasteiger partial charge in [-0.25, -0.2) is 0 Å². The molecule has 2 unspecified atom stereocenters. The van der Waals surface area contributed by atoms with Gasteiger partial charge in [-0.1, -0.05) is 6.07 Å². The molecule has 1 fully saturated rings. The molecule has 2 atom stereocenters. The van der Waals surface area contributed by atoms with Crippen molar-refractivity contribution in [2.45, 2.75) is 25.8 Å². The maximum atomic E-state index is 11.3. The van der Waals surface area contributed by atoms with Crippen molar-refractivity contribution in [3.8, 4) is 0 Å². The Labute approximate surface area is 132 Å². The van der Waals surface area contributed by atoms with Gasteiger partial charge in [0.05, 0.1) is 12.0 Å². The van der Waals surface area contributed by atoms with E-state index in [1.165, 1.54) is 15.3 Å². The highest BCUT2D eigenvalue weighted by Crippen LogP contribution is 2.37. The van der Waals surface area contributed by atoms with E-state index < -0.39 is 5.97 Å². The van der Waals surface area contributed by atoms with Crippen LogP contribution in [0.15, 0.2) is 29.0 Å². The highest BCUT2D eigenvalue weighted by molar-refractivity contribution is 7.11. The van der Waals surface area contributed by atoms with E-state index in [1.54, 1.807) is 22.7 Å². The first kappa shape index (κ1) is 14.8. The molecule has 3 nitrogen and oxygen atoms in total. The summed E-state index contributed by atoms with van der Waals surface area (Å²) in [5.41, 5.74) is 1.28. The molecule has 112 valence electrons. The minimum absolute atomic E-state index is 0.214. The van der Waals surface area contributed by atoms with Gasteiger partial charge in [0.15, 0.2) is 0 Å². The summed E-state index contributed by atoms with van der Waals surface area (Å²) in [6, 6.07) is 6.69. The number of carboxylic acids is 1. The van der Waals surface area contributed by atoms with Crippen molar-refractivity contribution in [3.05, 3.63) is 44.3 Å². The number of aryl methyl sites for hydroxylation is 1. The van der Waals surface area contributed by atoms with Crippen molar-refractivity contribution in [2.75, 3.05) is 13.1 Å². The summed E-state index contributed by atoms with van der Waals surface area (Å²) in [4.78, 5) is 16.3. The largest absolute Gasteiger partial charge is 0.481 e. The monoisotopic (exact) mass is 321 g/mol. The maximum Gasteiger partial charge on any atom is 0.307 e. The fourth-order valence-electron chi connectivity index (χ4n) is 2.99. The molecule has 0 radical (unpaired) electrons. The third kappa shape index (κ3) is 3.20. The lowest BCUT2D eigenvalue weighted by Crippen LogP contribution is -2.40. The smallest absolute Gasteiger partial charge is 0.307 e. The Morgan fingerprint density at radius 2 is 2.29 bits per heavy atom. The SMILES string of the molecule is Cc1csc(C(c2cccs2)N2CCCC(C(=O)O)C2)c1. The van der Waals surface area contributed by atoms with Gasteiger partial charge in [0, 0.05) is 16.3 Å². The summed E-state index contributed by atoms with van der Waals surface area (Å²) in [5.74, 6) is -0.894. The third-order valence-electron chi connectivity index (χ3n) is 4.00. The zero-order chi connectivity index (χ0) is 14.8. The Kier molecular flexibility index (Phi) is 4.42. The molecule has 0 saturated carbocycles. The number of hydrogen-bond donors (Lipinski definition) is 1. The summed E-state index contributed by atoms with van der Waals surface area (Å²) in [7, 11) is 0. The number of rotatable bonds is 4. The number of carboxylic acid groups (broad SMARTS) is 1. The fourth-order valence-corrected chi connectivity index (χ4v) is 4.99. The Hall–Kier alpha value is -1.17. The van der Waals surface area contributed by atoms with E-state index in [1.807, 2.05) is 0 Å². The maximum absolute atomic E-state index is 11.3. The van der Waals surface area contributed by atoms with E-state index in [0.717, 1.165) is 19.4 Å². The standard InChI is InChI=1S/C16H19NO2S2/c1-11-8-14(21-10-11)15(13-5-3-7-20-13)17-6-2-4-12(9-17)16(18)19/h3,5,7-8,10,12,15H,2,4,6,9H2,1H3,(H,18,19). The van der Waals surface area contributed by atoms with E-state index in [4.69, 9.17) is 0 Å². The van der Waals surface area contributed by atoms with Crippen LogP contribution in [0.25, 0.3) is 0 Å². The predicted molar refractivity (Wildman–Crippen MR) is 87.2 cm³/mol. The molecule has 1 N–H and O–H groups in total. The quantitative estimate of drug-likeness (QED) is 0.925. The van der Waals surface area contributed by atoms with Crippen LogP contribution in [-0.2, 0) is 4.79 Å². The summed E-state index contributed by atoms with van der Waals surface area (Å²) >= 11 is 3.53. The van der Waals surface area contributed by atoms with E-state index in [0.29, 0.717) is 6.54 Å². The summed E-state index contributed by atoms with van der Waals surface area (Å²) in [5, 5.41) is 13.6. The third-order valence-corrected chi connectivity index (χ3v) is 6.03. The first-order chi connectivity index (χ1) is 10.1. The fraction of sp³-hybridized carbons (Fsp3) is 0.438. The average molecular weight is 321 g/mol. The van der Waals surface area contributed by atoms with Crippen LogP contribution < -0.4 is 0 Å². The second kappa shape index (κ2) is 6.30. The molecule has 2 aromatic rings. The van der Waals surface area contributed by atoms with Gasteiger partial charge in [0.25, 0.3) is 0 Å². The van der Waals surface area contributed by atoms with Crippen LogP contribution in [0.4, 0.5) is 0 Å². The summed E-state index contributed by atoms with van der Waals surface area (Å²) in [6.45, 7) is 3.74. The van der Waals surface area contributed by atoms with Crippen molar-refractivity contribution in [3.63, 3.8) is 0 Å². The molecule has 2 aromatic heterocycles. The van der Waals surface area contributed by atoms with Crippen molar-refractivity contribution in [2.24, 2.45) is 5.92 Å². The first-order valence-corrected chi connectivity index (χ1v) is 8.96. The molecule has 0 bridgehead atoms. The number of likely N-dealkylation sites (tertiary alicyclic amines) is 1. The Bertz CT molecular complexity index is 606. The highest BCUT2D eigenvalue weighted by Gasteiger charge is 2.32. The molecule has 3 rings (SSSR count). The van der Waals surface area contributed by atoms with Gasteiger partial charge in [0.2, 0.25) is 0 Å². The molecular weight excluding hydrogens is 302 g/mol. The van der Waals surface area contributed by atoms with Crippen molar-refractivity contribution in [1.29, 1.82) is 0 Å². The predicted octanol–water partition coefficient (Wildman–Crippen LogP) is 4.00. The lowest BCUT2D eigenvalue weighted by Gasteiger charge is -2.36. The summed E-state index contributed by atoms with van der Waals surface area (Å²) in [6.07, 6.45) is 1.76. The van der Waals surface area contributed by atoms with Crippen molar-refractivity contribution >= 4 is 28.6 Å². The molecule has 21 heavy (non-hydrogen) atoms. The second-order valence-corrected chi connectivity index (χ2v) is 7.54. The molecule has 0 aliphatic carbocycles. The zero-order valence-corrected chi connectivity index (χ0v) is 13.6. The van der Waals surface area contributed by atoms with E-state index in [-0.39, 0.29) is 12.0 Å². The molecule has 0 aromatic carbocycles.